The van der Waals surface area contributed by atoms with Gasteiger partial charge in [-0.2, -0.15) is 0 Å². The van der Waals surface area contributed by atoms with Gasteiger partial charge in [-0.1, -0.05) is 0 Å². The predicted octanol–water partition coefficient (Wildman–Crippen LogP) is -1.04. The van der Waals surface area contributed by atoms with Crippen LogP contribution in [0.25, 0.3) is 0 Å². The molecule has 2 rings (SSSR count). The predicted molar refractivity (Wildman–Crippen MR) is 49.4 cm³/mol. The molecule has 6 nitrogen and oxygen atoms in total. The molecule has 0 radical (unpaired) electrons. The number of hydrogen-bond acceptors (Lipinski definition) is 3. The molecule has 1 saturated heterocycles. The molecule has 0 aromatic carbocycles. The zero-order chi connectivity index (χ0) is 10.5. The van der Waals surface area contributed by atoms with Crippen LogP contribution in [0.4, 0.5) is 4.79 Å². The molecule has 3 amide bonds. The highest BCUT2D eigenvalue weighted by Gasteiger charge is 2.49. The molecule has 0 saturated carbocycles. The second-order valence-electron chi connectivity index (χ2n) is 3.38. The van der Waals surface area contributed by atoms with Crippen molar-refractivity contribution in [2.75, 3.05) is 21.1 Å². The zero-order valence-electron chi connectivity index (χ0n) is 8.26. The molecule has 0 aromatic heterocycles. The second-order valence-corrected chi connectivity index (χ2v) is 3.38. The lowest BCUT2D eigenvalue weighted by atomic mass is 10.2. The van der Waals surface area contributed by atoms with E-state index < -0.39 is 6.04 Å². The first kappa shape index (κ1) is 8.86. The van der Waals surface area contributed by atoms with Gasteiger partial charge >= 0.3 is 6.03 Å². The monoisotopic (exact) mass is 195 g/mol. The number of carbonyl (C=O) groups is 2. The molecule has 74 valence electrons. The van der Waals surface area contributed by atoms with Gasteiger partial charge in [0.1, 0.15) is 0 Å². The average molecular weight is 195 g/mol. The normalized spacial score (nSPS) is 26.4. The van der Waals surface area contributed by atoms with E-state index in [0.717, 1.165) is 4.90 Å². The van der Waals surface area contributed by atoms with Gasteiger partial charge in [0.2, 0.25) is 6.34 Å². The maximum atomic E-state index is 11.6. The highest BCUT2D eigenvalue weighted by Crippen LogP contribution is 2.15. The van der Waals surface area contributed by atoms with Crippen LogP contribution >= 0.6 is 0 Å². The summed E-state index contributed by atoms with van der Waals surface area (Å²) in [4.78, 5) is 29.7. The fraction of sp³-hybridized carbons (Fsp3) is 0.500. The number of rotatable bonds is 0. The lowest BCUT2D eigenvalue weighted by molar-refractivity contribution is -0.363. The number of urea groups is 1. The Morgan fingerprint density at radius 1 is 1.36 bits per heavy atom. The molecule has 0 bridgehead atoms. The molecule has 2 heterocycles. The Hall–Kier alpha value is -1.72. The van der Waals surface area contributed by atoms with Crippen LogP contribution in [0.3, 0.4) is 0 Å². The van der Waals surface area contributed by atoms with Crippen LogP contribution in [0, 0.1) is 0 Å². The van der Waals surface area contributed by atoms with Gasteiger partial charge < -0.3 is 0 Å². The molecule has 6 heteroatoms. The van der Waals surface area contributed by atoms with Gasteiger partial charge in [0, 0.05) is 7.05 Å². The Kier molecular flexibility index (Phi) is 1.67. The zero-order valence-corrected chi connectivity index (χ0v) is 8.26. The lowest BCUT2D eigenvalue weighted by Gasteiger charge is -2.27. The van der Waals surface area contributed by atoms with E-state index >= 15 is 0 Å². The number of nitrogens with zero attached hydrogens (tertiary/aromatic N) is 4. The van der Waals surface area contributed by atoms with Crippen LogP contribution in [-0.4, -0.2) is 65.7 Å². The van der Waals surface area contributed by atoms with Crippen molar-refractivity contribution in [3.8, 4) is 0 Å². The maximum absolute atomic E-state index is 11.6. The van der Waals surface area contributed by atoms with Gasteiger partial charge in [0.05, 0.1) is 14.1 Å². The van der Waals surface area contributed by atoms with Crippen molar-refractivity contribution in [2.24, 2.45) is 4.99 Å². The molecule has 2 aliphatic rings. The van der Waals surface area contributed by atoms with E-state index in [1.165, 1.54) is 11.9 Å². The van der Waals surface area contributed by atoms with Crippen molar-refractivity contribution in [1.82, 2.24) is 9.80 Å². The summed E-state index contributed by atoms with van der Waals surface area (Å²) >= 11 is 0. The molecule has 0 aromatic rings. The summed E-state index contributed by atoms with van der Waals surface area (Å²) < 4.78 is 1.69. The molecule has 1 fully saturated rings. The van der Waals surface area contributed by atoms with Crippen molar-refractivity contribution >= 4 is 24.1 Å². The molecule has 14 heavy (non-hydrogen) atoms. The second kappa shape index (κ2) is 2.63. The van der Waals surface area contributed by atoms with Gasteiger partial charge in [0.15, 0.2) is 0 Å². The van der Waals surface area contributed by atoms with Crippen molar-refractivity contribution in [2.45, 2.75) is 6.04 Å². The Bertz CT molecular complexity index is 385. The van der Waals surface area contributed by atoms with Crippen molar-refractivity contribution in [1.29, 1.82) is 0 Å². The van der Waals surface area contributed by atoms with Crippen LogP contribution in [0.5, 0.6) is 0 Å². The van der Waals surface area contributed by atoms with E-state index in [-0.39, 0.29) is 11.9 Å². The van der Waals surface area contributed by atoms with Gasteiger partial charge in [-0.3, -0.25) is 9.69 Å². The molecular formula is C8H11N4O2+. The molecule has 0 N–H and O–H groups in total. The molecule has 1 atom stereocenters. The van der Waals surface area contributed by atoms with Crippen LogP contribution < -0.4 is 0 Å². The molecule has 1 unspecified atom stereocenters. The Morgan fingerprint density at radius 2 is 2.00 bits per heavy atom. The topological polar surface area (TPSA) is 56.0 Å². The Labute approximate surface area is 81.1 Å². The molecule has 0 aliphatic carbocycles. The number of likely N-dealkylation sites (N-methyl/N-ethyl adjacent to an activating group) is 2. The summed E-state index contributed by atoms with van der Waals surface area (Å²) in [7, 11) is 4.87. The third kappa shape index (κ3) is 0.905. The summed E-state index contributed by atoms with van der Waals surface area (Å²) in [5.41, 5.74) is 0. The van der Waals surface area contributed by atoms with Crippen LogP contribution in [0.15, 0.2) is 4.99 Å². The molecule has 0 spiro atoms. The van der Waals surface area contributed by atoms with Crippen LogP contribution in [0.1, 0.15) is 0 Å². The summed E-state index contributed by atoms with van der Waals surface area (Å²) in [5, 5.41) is 0. The number of amides is 3. The fourth-order valence-electron chi connectivity index (χ4n) is 1.68. The molecular weight excluding hydrogens is 184 g/mol. The van der Waals surface area contributed by atoms with Crippen LogP contribution in [0.2, 0.25) is 0 Å². The third-order valence-electron chi connectivity index (χ3n) is 2.48. The van der Waals surface area contributed by atoms with E-state index in [1.54, 1.807) is 25.0 Å². The number of imide groups is 1. The smallest absolute Gasteiger partial charge is 0.269 e. The lowest BCUT2D eigenvalue weighted by Crippen LogP contribution is -2.59. The summed E-state index contributed by atoms with van der Waals surface area (Å²) in [6, 6.07) is -0.869. The third-order valence-corrected chi connectivity index (χ3v) is 2.48. The average Bonchev–Trinajstić information content (AvgIpc) is 2.54. The maximum Gasteiger partial charge on any atom is 0.388 e. The van der Waals surface area contributed by atoms with Crippen LogP contribution in [-0.2, 0) is 4.79 Å². The summed E-state index contributed by atoms with van der Waals surface area (Å²) in [6.45, 7) is 0. The van der Waals surface area contributed by atoms with E-state index in [0.29, 0.717) is 5.84 Å². The van der Waals surface area contributed by atoms with E-state index in [9.17, 15) is 9.59 Å². The van der Waals surface area contributed by atoms with Crippen molar-refractivity contribution in [3.05, 3.63) is 0 Å². The Morgan fingerprint density at radius 3 is 2.64 bits per heavy atom. The highest BCUT2D eigenvalue weighted by atomic mass is 16.2. The number of fused-ring (bicyclic) bond motifs is 1. The van der Waals surface area contributed by atoms with Gasteiger partial charge in [0.25, 0.3) is 17.8 Å². The van der Waals surface area contributed by atoms with Gasteiger partial charge in [-0.25, -0.2) is 14.3 Å². The van der Waals surface area contributed by atoms with Crippen molar-refractivity contribution < 1.29 is 14.2 Å². The SMILES string of the molecule is CN1C(=O)C2N=C[N+](C)=C2N(C)C1=O. The Balaban J connectivity index is 2.49. The van der Waals surface area contributed by atoms with Gasteiger partial charge in [-0.05, 0) is 0 Å². The highest BCUT2D eigenvalue weighted by molar-refractivity contribution is 6.20. The quantitative estimate of drug-likeness (QED) is 0.464. The number of amidine groups is 1. The van der Waals surface area contributed by atoms with E-state index in [4.69, 9.17) is 0 Å². The first-order chi connectivity index (χ1) is 6.54. The largest absolute Gasteiger partial charge is 0.388 e. The van der Waals surface area contributed by atoms with Gasteiger partial charge in [-0.15, -0.1) is 4.99 Å². The standard InChI is InChI=1S/C8H11N4O2/c1-10-4-9-5-6(10)11(2)8(14)12(3)7(5)13/h4-5H,1-3H3/q+1. The summed E-state index contributed by atoms with van der Waals surface area (Å²) in [6.07, 6.45) is 1.56. The van der Waals surface area contributed by atoms with Crippen molar-refractivity contribution in [3.63, 3.8) is 0 Å². The fourth-order valence-corrected chi connectivity index (χ4v) is 1.68. The minimum Gasteiger partial charge on any atom is -0.269 e. The van der Waals surface area contributed by atoms with E-state index in [2.05, 4.69) is 4.99 Å². The first-order valence-electron chi connectivity index (χ1n) is 4.22. The first-order valence-corrected chi connectivity index (χ1v) is 4.22. The minimum atomic E-state index is -0.548. The number of carbonyl (C=O) groups excluding carboxylic acids is 2. The summed E-state index contributed by atoms with van der Waals surface area (Å²) in [5.74, 6) is 0.349. The minimum absolute atomic E-state index is 0.274. The number of hydrogen-bond donors (Lipinski definition) is 0. The van der Waals surface area contributed by atoms with E-state index in [1.807, 2.05) is 0 Å². The number of aliphatic imine (C=N–C) groups is 1. The molecule has 2 aliphatic heterocycles.